The summed E-state index contributed by atoms with van der Waals surface area (Å²) < 4.78 is 31.5. The van der Waals surface area contributed by atoms with Crippen LogP contribution >= 0.6 is 0 Å². The van der Waals surface area contributed by atoms with E-state index in [1.165, 1.54) is 11.4 Å². The molecule has 27 heavy (non-hydrogen) atoms. The lowest BCUT2D eigenvalue weighted by atomic mass is 9.95. The highest BCUT2D eigenvalue weighted by atomic mass is 32.2. The molecule has 1 saturated heterocycles. The molecule has 0 aromatic carbocycles. The van der Waals surface area contributed by atoms with Gasteiger partial charge in [-0.2, -0.15) is 22.2 Å². The van der Waals surface area contributed by atoms with Crippen LogP contribution < -0.4 is 15.2 Å². The number of hydrogen-bond acceptors (Lipinski definition) is 7. The van der Waals surface area contributed by atoms with Crippen LogP contribution in [0.3, 0.4) is 0 Å². The molecule has 1 aliphatic carbocycles. The third kappa shape index (κ3) is 3.34. The Kier molecular flexibility index (Phi) is 4.47. The van der Waals surface area contributed by atoms with Crippen molar-refractivity contribution in [3.05, 3.63) is 11.8 Å². The predicted molar refractivity (Wildman–Crippen MR) is 99.7 cm³/mol. The summed E-state index contributed by atoms with van der Waals surface area (Å²) in [6.07, 6.45) is 1.70. The lowest BCUT2D eigenvalue weighted by Gasteiger charge is -2.29. The van der Waals surface area contributed by atoms with Crippen molar-refractivity contribution < 1.29 is 13.2 Å². The lowest BCUT2D eigenvalue weighted by Crippen LogP contribution is -2.44. The number of anilines is 1. The molecule has 0 radical (unpaired) electrons. The van der Waals surface area contributed by atoms with E-state index < -0.39 is 10.2 Å². The number of ether oxygens (including phenoxy) is 1. The smallest absolute Gasteiger partial charge is 0.337 e. The normalized spacial score (nSPS) is 25.6. The summed E-state index contributed by atoms with van der Waals surface area (Å²) in [4.78, 5) is 8.82. The number of aromatic nitrogens is 4. The Labute approximate surface area is 158 Å². The number of nitrogens with one attached hydrogen (secondary N) is 1. The summed E-state index contributed by atoms with van der Waals surface area (Å²) in [5, 5.41) is 13.1. The van der Waals surface area contributed by atoms with E-state index in [1.807, 2.05) is 6.07 Å². The highest BCUT2D eigenvalue weighted by Crippen LogP contribution is 2.42. The van der Waals surface area contributed by atoms with Crippen LogP contribution in [0.25, 0.3) is 5.78 Å². The van der Waals surface area contributed by atoms with E-state index in [9.17, 15) is 8.42 Å². The van der Waals surface area contributed by atoms with Crippen LogP contribution in [0.4, 0.5) is 5.82 Å². The van der Waals surface area contributed by atoms with E-state index >= 15 is 0 Å². The van der Waals surface area contributed by atoms with Gasteiger partial charge in [0.2, 0.25) is 0 Å². The van der Waals surface area contributed by atoms with Crippen molar-refractivity contribution in [2.75, 3.05) is 25.5 Å². The SMILES string of the molecule is COc1nc2nc(C(C)C)cc(NC[C@@H]3C[C@@H]4C[C@H]3CN4S(N)(=O)=O)n2n1. The van der Waals surface area contributed by atoms with Gasteiger partial charge in [-0.25, -0.2) is 10.1 Å². The summed E-state index contributed by atoms with van der Waals surface area (Å²) in [6, 6.07) is 2.28. The van der Waals surface area contributed by atoms with Crippen molar-refractivity contribution in [2.24, 2.45) is 17.0 Å². The minimum atomic E-state index is -3.60. The summed E-state index contributed by atoms with van der Waals surface area (Å²) in [7, 11) is -2.07. The average molecular weight is 395 g/mol. The van der Waals surface area contributed by atoms with Gasteiger partial charge < -0.3 is 10.1 Å². The minimum absolute atomic E-state index is 0.0203. The molecule has 2 aromatic heterocycles. The third-order valence-electron chi connectivity index (χ3n) is 5.60. The van der Waals surface area contributed by atoms with Gasteiger partial charge in [0.05, 0.1) is 12.8 Å². The fraction of sp³-hybridized carbons (Fsp3) is 0.688. The van der Waals surface area contributed by atoms with E-state index in [0.29, 0.717) is 24.2 Å². The molecule has 4 rings (SSSR count). The Morgan fingerprint density at radius 2 is 2.15 bits per heavy atom. The molecule has 3 heterocycles. The molecule has 2 fully saturated rings. The first-order chi connectivity index (χ1) is 12.8. The number of piperidine rings is 1. The summed E-state index contributed by atoms with van der Waals surface area (Å²) in [5.41, 5.74) is 0.924. The quantitative estimate of drug-likeness (QED) is 0.732. The van der Waals surface area contributed by atoms with Crippen molar-refractivity contribution in [1.29, 1.82) is 0 Å². The van der Waals surface area contributed by atoms with E-state index in [1.54, 1.807) is 4.52 Å². The molecule has 0 unspecified atom stereocenters. The van der Waals surface area contributed by atoms with Crippen LogP contribution in [-0.2, 0) is 10.2 Å². The van der Waals surface area contributed by atoms with Gasteiger partial charge in [0.25, 0.3) is 16.0 Å². The van der Waals surface area contributed by atoms with Crippen molar-refractivity contribution >= 4 is 21.8 Å². The lowest BCUT2D eigenvalue weighted by molar-refractivity contribution is 0.271. The van der Waals surface area contributed by atoms with E-state index in [0.717, 1.165) is 30.9 Å². The maximum atomic E-state index is 11.6. The van der Waals surface area contributed by atoms with Crippen molar-refractivity contribution in [3.63, 3.8) is 0 Å². The first kappa shape index (κ1) is 18.4. The van der Waals surface area contributed by atoms with Crippen LogP contribution in [0.15, 0.2) is 6.07 Å². The number of hydrogen-bond donors (Lipinski definition) is 2. The maximum Gasteiger partial charge on any atom is 0.337 e. The molecule has 2 bridgehead atoms. The zero-order valence-electron chi connectivity index (χ0n) is 15.7. The van der Waals surface area contributed by atoms with Gasteiger partial charge in [-0.05, 0) is 30.6 Å². The number of nitrogens with two attached hydrogens (primary N) is 1. The van der Waals surface area contributed by atoms with Crippen molar-refractivity contribution in [3.8, 4) is 6.01 Å². The number of nitrogens with zero attached hydrogens (tertiary/aromatic N) is 5. The number of rotatable bonds is 6. The largest absolute Gasteiger partial charge is 0.466 e. The molecular formula is C16H25N7O3S. The second kappa shape index (κ2) is 6.57. The molecular weight excluding hydrogens is 370 g/mol. The van der Waals surface area contributed by atoms with Crippen LogP contribution in [0.5, 0.6) is 6.01 Å². The Balaban J connectivity index is 1.52. The molecule has 11 heteroatoms. The van der Waals surface area contributed by atoms with E-state index in [4.69, 9.17) is 9.88 Å². The van der Waals surface area contributed by atoms with Crippen LogP contribution in [-0.4, -0.2) is 58.5 Å². The van der Waals surface area contributed by atoms with Crippen molar-refractivity contribution in [1.82, 2.24) is 23.9 Å². The Hall–Kier alpha value is -1.98. The first-order valence-electron chi connectivity index (χ1n) is 9.11. The zero-order chi connectivity index (χ0) is 19.3. The Bertz CT molecular complexity index is 958. The Morgan fingerprint density at radius 3 is 2.74 bits per heavy atom. The van der Waals surface area contributed by atoms with E-state index in [-0.39, 0.29) is 18.0 Å². The standard InChI is InChI=1S/C16H25N7O3S/c1-9(2)13-6-14(23-15(19-13)20-16(21-23)26-3)18-7-10-4-12-5-11(10)8-22(12)27(17,24)25/h6,9-12,18H,4-5,7-8H2,1-3H3,(H2,17,24,25)/t10-,11-,12+/m0/s1. The van der Waals surface area contributed by atoms with Gasteiger partial charge in [-0.15, -0.1) is 5.10 Å². The van der Waals surface area contributed by atoms with Gasteiger partial charge >= 0.3 is 6.01 Å². The summed E-state index contributed by atoms with van der Waals surface area (Å²) >= 11 is 0. The second-order valence-electron chi connectivity index (χ2n) is 7.67. The van der Waals surface area contributed by atoms with Crippen LogP contribution in [0, 0.1) is 11.8 Å². The van der Waals surface area contributed by atoms with Crippen molar-refractivity contribution in [2.45, 2.75) is 38.6 Å². The minimum Gasteiger partial charge on any atom is -0.466 e. The number of fused-ring (bicyclic) bond motifs is 3. The van der Waals surface area contributed by atoms with Gasteiger partial charge in [0, 0.05) is 25.2 Å². The highest BCUT2D eigenvalue weighted by Gasteiger charge is 2.47. The monoisotopic (exact) mass is 395 g/mol. The highest BCUT2D eigenvalue weighted by molar-refractivity contribution is 7.86. The molecule has 10 nitrogen and oxygen atoms in total. The molecule has 1 saturated carbocycles. The molecule has 0 amide bonds. The molecule has 3 atom stereocenters. The predicted octanol–water partition coefficient (Wildman–Crippen LogP) is 0.582. The molecule has 3 N–H and O–H groups in total. The fourth-order valence-electron chi connectivity index (χ4n) is 4.19. The molecule has 2 aromatic rings. The molecule has 2 aliphatic rings. The van der Waals surface area contributed by atoms with Gasteiger partial charge in [0.1, 0.15) is 5.82 Å². The number of methoxy groups -OCH3 is 1. The second-order valence-corrected chi connectivity index (χ2v) is 9.17. The fourth-order valence-corrected chi connectivity index (χ4v) is 5.18. The van der Waals surface area contributed by atoms with E-state index in [2.05, 4.69) is 34.2 Å². The Morgan fingerprint density at radius 1 is 1.37 bits per heavy atom. The van der Waals surface area contributed by atoms with Crippen LogP contribution in [0.2, 0.25) is 0 Å². The maximum absolute atomic E-state index is 11.6. The molecule has 148 valence electrons. The zero-order valence-corrected chi connectivity index (χ0v) is 16.5. The van der Waals surface area contributed by atoms with Gasteiger partial charge in [-0.1, -0.05) is 13.8 Å². The van der Waals surface area contributed by atoms with Gasteiger partial charge in [0.15, 0.2) is 0 Å². The topological polar surface area (TPSA) is 128 Å². The average Bonchev–Trinajstić information content (AvgIpc) is 3.31. The van der Waals surface area contributed by atoms with Gasteiger partial charge in [-0.3, -0.25) is 0 Å². The summed E-state index contributed by atoms with van der Waals surface area (Å²) in [6.45, 7) is 5.40. The molecule has 1 aliphatic heterocycles. The first-order valence-corrected chi connectivity index (χ1v) is 10.6. The summed E-state index contributed by atoms with van der Waals surface area (Å²) in [5.74, 6) is 2.28. The van der Waals surface area contributed by atoms with Crippen LogP contribution in [0.1, 0.15) is 38.3 Å². The molecule has 0 spiro atoms. The third-order valence-corrected chi connectivity index (χ3v) is 6.70.